The third-order valence-corrected chi connectivity index (χ3v) is 1.85. The zero-order valence-electron chi connectivity index (χ0n) is 7.82. The smallest absolute Gasteiger partial charge is 0.416 e. The first-order chi connectivity index (χ1) is 7.21. The van der Waals surface area contributed by atoms with Gasteiger partial charge >= 0.3 is 12.1 Å². The van der Waals surface area contributed by atoms with Crippen LogP contribution in [0.1, 0.15) is 17.2 Å². The molecule has 1 aromatic carbocycles. The van der Waals surface area contributed by atoms with E-state index in [-0.39, 0.29) is 5.69 Å². The van der Waals surface area contributed by atoms with Gasteiger partial charge in [-0.3, -0.25) is 0 Å². The standard InChI is InChI=1S/C9H8F3NO3/c10-9(11,12)5-1-4(2-6(13)3-5)7(14)8(15)16/h1-3,7,14H,13H2,(H,15,16). The molecular formula is C9H8F3NO3. The van der Waals surface area contributed by atoms with Gasteiger partial charge in [-0.05, 0) is 23.8 Å². The lowest BCUT2D eigenvalue weighted by Gasteiger charge is -2.12. The molecule has 1 aromatic rings. The van der Waals surface area contributed by atoms with E-state index >= 15 is 0 Å². The highest BCUT2D eigenvalue weighted by molar-refractivity contribution is 5.74. The molecule has 0 aliphatic heterocycles. The quantitative estimate of drug-likeness (QED) is 0.676. The van der Waals surface area contributed by atoms with Gasteiger partial charge in [0.1, 0.15) is 0 Å². The van der Waals surface area contributed by atoms with Crippen molar-refractivity contribution in [1.82, 2.24) is 0 Å². The van der Waals surface area contributed by atoms with Gasteiger partial charge in [0.15, 0.2) is 6.10 Å². The van der Waals surface area contributed by atoms with Gasteiger partial charge in [-0.2, -0.15) is 13.2 Å². The van der Waals surface area contributed by atoms with Crippen LogP contribution in [-0.4, -0.2) is 16.2 Å². The summed E-state index contributed by atoms with van der Waals surface area (Å²) >= 11 is 0. The fourth-order valence-corrected chi connectivity index (χ4v) is 1.14. The number of carbonyl (C=O) groups is 1. The zero-order chi connectivity index (χ0) is 12.5. The average molecular weight is 235 g/mol. The summed E-state index contributed by atoms with van der Waals surface area (Å²) in [4.78, 5) is 10.4. The molecule has 0 heterocycles. The van der Waals surface area contributed by atoms with Gasteiger partial charge in [0.2, 0.25) is 0 Å². The third kappa shape index (κ3) is 2.63. The lowest BCUT2D eigenvalue weighted by atomic mass is 10.0. The highest BCUT2D eigenvalue weighted by Crippen LogP contribution is 2.32. The maximum atomic E-state index is 12.3. The van der Waals surface area contributed by atoms with Crippen LogP contribution in [0, 0.1) is 0 Å². The Hall–Kier alpha value is -1.76. The van der Waals surface area contributed by atoms with E-state index in [2.05, 4.69) is 0 Å². The number of aliphatic hydroxyl groups is 1. The van der Waals surface area contributed by atoms with Gasteiger partial charge in [0, 0.05) is 5.69 Å². The van der Waals surface area contributed by atoms with E-state index in [0.29, 0.717) is 12.1 Å². The highest BCUT2D eigenvalue weighted by atomic mass is 19.4. The first-order valence-corrected chi connectivity index (χ1v) is 4.10. The van der Waals surface area contributed by atoms with Crippen molar-refractivity contribution in [1.29, 1.82) is 0 Å². The average Bonchev–Trinajstić information content (AvgIpc) is 2.14. The Morgan fingerprint density at radius 1 is 1.31 bits per heavy atom. The molecule has 4 nitrogen and oxygen atoms in total. The molecule has 4 N–H and O–H groups in total. The summed E-state index contributed by atoms with van der Waals surface area (Å²) in [6, 6.07) is 2.20. The van der Waals surface area contributed by atoms with E-state index < -0.39 is 29.4 Å². The molecule has 0 amide bonds. The molecule has 0 fully saturated rings. The number of carboxylic acids is 1. The summed E-state index contributed by atoms with van der Waals surface area (Å²) in [6.07, 6.45) is -6.66. The molecule has 0 saturated carbocycles. The predicted molar refractivity (Wildman–Crippen MR) is 48.5 cm³/mol. The lowest BCUT2D eigenvalue weighted by Crippen LogP contribution is -2.13. The summed E-state index contributed by atoms with van der Waals surface area (Å²) < 4.78 is 37.0. The Kier molecular flexibility index (Phi) is 3.09. The molecule has 0 aliphatic rings. The molecule has 1 atom stereocenters. The van der Waals surface area contributed by atoms with Crippen LogP contribution in [0.15, 0.2) is 18.2 Å². The Morgan fingerprint density at radius 2 is 1.88 bits per heavy atom. The maximum Gasteiger partial charge on any atom is 0.416 e. The largest absolute Gasteiger partial charge is 0.479 e. The van der Waals surface area contributed by atoms with Crippen molar-refractivity contribution in [2.75, 3.05) is 5.73 Å². The summed E-state index contributed by atoms with van der Waals surface area (Å²) in [5, 5.41) is 17.5. The minimum absolute atomic E-state index is 0.259. The summed E-state index contributed by atoms with van der Waals surface area (Å²) in [5.74, 6) is -1.64. The van der Waals surface area contributed by atoms with Crippen LogP contribution in [-0.2, 0) is 11.0 Å². The van der Waals surface area contributed by atoms with E-state index in [1.165, 1.54) is 0 Å². The number of benzene rings is 1. The molecule has 1 unspecified atom stereocenters. The number of nitrogens with two attached hydrogens (primary N) is 1. The number of hydrogen-bond donors (Lipinski definition) is 3. The zero-order valence-corrected chi connectivity index (χ0v) is 7.82. The minimum Gasteiger partial charge on any atom is -0.479 e. The molecule has 0 spiro atoms. The van der Waals surface area contributed by atoms with Crippen molar-refractivity contribution >= 4 is 11.7 Å². The number of rotatable bonds is 2. The van der Waals surface area contributed by atoms with Crippen LogP contribution in [0.3, 0.4) is 0 Å². The molecule has 0 aliphatic carbocycles. The Bertz CT molecular complexity index is 417. The van der Waals surface area contributed by atoms with Crippen LogP contribution in [0.2, 0.25) is 0 Å². The van der Waals surface area contributed by atoms with Crippen molar-refractivity contribution < 1.29 is 28.2 Å². The lowest BCUT2D eigenvalue weighted by molar-refractivity contribution is -0.147. The van der Waals surface area contributed by atoms with E-state index in [0.717, 1.165) is 6.07 Å². The first-order valence-electron chi connectivity index (χ1n) is 4.10. The third-order valence-electron chi connectivity index (χ3n) is 1.85. The summed E-state index contributed by atoms with van der Waals surface area (Å²) in [6.45, 7) is 0. The van der Waals surface area contributed by atoms with Crippen molar-refractivity contribution in [2.24, 2.45) is 0 Å². The van der Waals surface area contributed by atoms with Gasteiger partial charge in [-0.15, -0.1) is 0 Å². The van der Waals surface area contributed by atoms with Gasteiger partial charge in [0.25, 0.3) is 0 Å². The van der Waals surface area contributed by atoms with Gasteiger partial charge in [0.05, 0.1) is 5.56 Å². The second-order valence-electron chi connectivity index (χ2n) is 3.13. The predicted octanol–water partition coefficient (Wildman–Crippen LogP) is 1.41. The molecule has 1 rings (SSSR count). The van der Waals surface area contributed by atoms with Crippen molar-refractivity contribution in [2.45, 2.75) is 12.3 Å². The molecule has 0 aromatic heterocycles. The number of hydrogen-bond acceptors (Lipinski definition) is 3. The summed E-state index contributed by atoms with van der Waals surface area (Å²) in [7, 11) is 0. The summed E-state index contributed by atoms with van der Waals surface area (Å²) in [5.41, 5.74) is 3.43. The van der Waals surface area contributed by atoms with Crippen molar-refractivity contribution in [3.05, 3.63) is 29.3 Å². The molecule has 16 heavy (non-hydrogen) atoms. The fourth-order valence-electron chi connectivity index (χ4n) is 1.14. The molecule has 0 radical (unpaired) electrons. The molecular weight excluding hydrogens is 227 g/mol. The Labute approximate surface area is 88.1 Å². The number of anilines is 1. The monoisotopic (exact) mass is 235 g/mol. The number of carboxylic acid groups (broad SMARTS) is 1. The second-order valence-corrected chi connectivity index (χ2v) is 3.13. The van der Waals surface area contributed by atoms with E-state index in [4.69, 9.17) is 15.9 Å². The Morgan fingerprint density at radius 3 is 2.31 bits per heavy atom. The number of nitrogen functional groups attached to an aromatic ring is 1. The normalized spacial score (nSPS) is 13.5. The minimum atomic E-state index is -4.64. The van der Waals surface area contributed by atoms with Crippen LogP contribution in [0.5, 0.6) is 0 Å². The molecule has 7 heteroatoms. The first kappa shape index (κ1) is 12.3. The number of aliphatic carboxylic acids is 1. The van der Waals surface area contributed by atoms with Crippen LogP contribution in [0.4, 0.5) is 18.9 Å². The van der Waals surface area contributed by atoms with Crippen molar-refractivity contribution in [3.63, 3.8) is 0 Å². The number of halogens is 3. The second kappa shape index (κ2) is 4.01. The van der Waals surface area contributed by atoms with E-state index in [9.17, 15) is 18.0 Å². The van der Waals surface area contributed by atoms with Gasteiger partial charge in [-0.25, -0.2) is 4.79 Å². The fraction of sp³-hybridized carbons (Fsp3) is 0.222. The van der Waals surface area contributed by atoms with Crippen molar-refractivity contribution in [3.8, 4) is 0 Å². The van der Waals surface area contributed by atoms with Crippen LogP contribution in [0.25, 0.3) is 0 Å². The highest BCUT2D eigenvalue weighted by Gasteiger charge is 2.32. The molecule has 88 valence electrons. The van der Waals surface area contributed by atoms with Gasteiger partial charge < -0.3 is 15.9 Å². The van der Waals surface area contributed by atoms with Crippen LogP contribution < -0.4 is 5.73 Å². The van der Waals surface area contributed by atoms with Crippen LogP contribution >= 0.6 is 0 Å². The maximum absolute atomic E-state index is 12.3. The topological polar surface area (TPSA) is 83.5 Å². The Balaban J connectivity index is 3.23. The SMILES string of the molecule is Nc1cc(C(O)C(=O)O)cc(C(F)(F)F)c1. The number of aliphatic hydroxyl groups excluding tert-OH is 1. The van der Waals surface area contributed by atoms with E-state index in [1.807, 2.05) is 0 Å². The van der Waals surface area contributed by atoms with Gasteiger partial charge in [-0.1, -0.05) is 0 Å². The van der Waals surface area contributed by atoms with E-state index in [1.54, 1.807) is 0 Å². The molecule has 0 bridgehead atoms. The molecule has 0 saturated heterocycles. The number of alkyl halides is 3.